The van der Waals surface area contributed by atoms with Crippen molar-refractivity contribution in [3.8, 4) is 5.75 Å². The number of fused-ring (bicyclic) bond motifs is 2. The standard InChI is InChI=1S/C28H26F2N2O2/c29-22-8-6-19(7-9-22)17-31-28(33)32-24-11-12-25(32)15-21(14-24)26-13-10-23(30)16-27(26)34-18-20-4-2-1-3-5-20/h1-10,13-14,16,24-25H,11-12,15,17-18H2,(H,31,33)/t24-,25+/m1/s1. The van der Waals surface area contributed by atoms with Crippen molar-refractivity contribution >= 4 is 11.6 Å². The maximum atomic E-state index is 14.0. The average molecular weight is 461 g/mol. The summed E-state index contributed by atoms with van der Waals surface area (Å²) in [7, 11) is 0. The van der Waals surface area contributed by atoms with E-state index in [0.717, 1.165) is 35.1 Å². The zero-order valence-electron chi connectivity index (χ0n) is 18.7. The van der Waals surface area contributed by atoms with Crippen LogP contribution in [0.25, 0.3) is 5.57 Å². The lowest BCUT2D eigenvalue weighted by atomic mass is 9.94. The molecule has 0 aromatic heterocycles. The molecule has 1 N–H and O–H groups in total. The second-order valence-electron chi connectivity index (χ2n) is 8.80. The Morgan fingerprint density at radius 3 is 2.47 bits per heavy atom. The number of nitrogens with zero attached hydrogens (tertiary/aromatic N) is 1. The molecule has 2 atom stereocenters. The van der Waals surface area contributed by atoms with Gasteiger partial charge in [0.25, 0.3) is 0 Å². The fourth-order valence-electron chi connectivity index (χ4n) is 4.83. The van der Waals surface area contributed by atoms with Gasteiger partial charge < -0.3 is 15.0 Å². The minimum Gasteiger partial charge on any atom is -0.488 e. The fourth-order valence-corrected chi connectivity index (χ4v) is 4.83. The molecule has 0 aliphatic carbocycles. The third-order valence-corrected chi connectivity index (χ3v) is 6.51. The number of hydrogen-bond acceptors (Lipinski definition) is 2. The van der Waals surface area contributed by atoms with Crippen molar-refractivity contribution in [2.24, 2.45) is 0 Å². The maximum absolute atomic E-state index is 14.0. The lowest BCUT2D eigenvalue weighted by molar-refractivity contribution is 0.179. The third kappa shape index (κ3) is 4.81. The number of nitrogens with one attached hydrogen (secondary N) is 1. The molecule has 2 bridgehead atoms. The van der Waals surface area contributed by atoms with Crippen LogP contribution in [-0.4, -0.2) is 23.0 Å². The molecule has 1 saturated heterocycles. The van der Waals surface area contributed by atoms with E-state index in [1.807, 2.05) is 35.2 Å². The van der Waals surface area contributed by atoms with Crippen molar-refractivity contribution in [1.29, 1.82) is 0 Å². The molecule has 174 valence electrons. The first kappa shape index (κ1) is 22.1. The molecular formula is C28H26F2N2O2. The molecule has 6 heteroatoms. The van der Waals surface area contributed by atoms with Crippen molar-refractivity contribution in [3.63, 3.8) is 0 Å². The molecule has 4 nitrogen and oxygen atoms in total. The number of urea groups is 1. The number of halogens is 2. The fraction of sp³-hybridized carbons (Fsp3) is 0.250. The quantitative estimate of drug-likeness (QED) is 0.485. The Labute approximate surface area is 197 Å². The van der Waals surface area contributed by atoms with E-state index < -0.39 is 0 Å². The van der Waals surface area contributed by atoms with Gasteiger partial charge in [-0.05, 0) is 60.2 Å². The summed E-state index contributed by atoms with van der Waals surface area (Å²) in [5, 5.41) is 2.96. The Kier molecular flexibility index (Phi) is 6.30. The Balaban J connectivity index is 1.30. The normalized spacial score (nSPS) is 19.0. The van der Waals surface area contributed by atoms with E-state index in [-0.39, 0.29) is 29.7 Å². The van der Waals surface area contributed by atoms with Gasteiger partial charge in [-0.15, -0.1) is 0 Å². The molecule has 2 heterocycles. The zero-order valence-corrected chi connectivity index (χ0v) is 18.7. The number of ether oxygens (including phenoxy) is 1. The van der Waals surface area contributed by atoms with Crippen LogP contribution in [0.5, 0.6) is 5.75 Å². The van der Waals surface area contributed by atoms with E-state index in [1.54, 1.807) is 18.2 Å². The van der Waals surface area contributed by atoms with Crippen LogP contribution < -0.4 is 10.1 Å². The molecule has 2 aliphatic heterocycles. The number of carbonyl (C=O) groups is 1. The van der Waals surface area contributed by atoms with Crippen LogP contribution in [0.3, 0.4) is 0 Å². The first-order chi connectivity index (χ1) is 16.6. The molecule has 2 amide bonds. The number of amides is 2. The molecule has 3 aromatic carbocycles. The summed E-state index contributed by atoms with van der Waals surface area (Å²) in [6.45, 7) is 0.705. The summed E-state index contributed by atoms with van der Waals surface area (Å²) in [5.74, 6) is -0.119. The summed E-state index contributed by atoms with van der Waals surface area (Å²) in [4.78, 5) is 14.9. The van der Waals surface area contributed by atoms with Gasteiger partial charge >= 0.3 is 6.03 Å². The van der Waals surface area contributed by atoms with Gasteiger partial charge in [0.2, 0.25) is 0 Å². The SMILES string of the molecule is O=C(NCc1ccc(F)cc1)N1[C@H]2CC[C@@H]1C=C(c1ccc(F)cc1OCc1ccccc1)C2. The molecule has 2 aliphatic rings. The zero-order chi connectivity index (χ0) is 23.5. The number of rotatable bonds is 6. The lowest BCUT2D eigenvalue weighted by Gasteiger charge is -2.34. The van der Waals surface area contributed by atoms with Gasteiger partial charge in [0.05, 0.1) is 6.04 Å². The van der Waals surface area contributed by atoms with Gasteiger partial charge in [0.1, 0.15) is 24.0 Å². The lowest BCUT2D eigenvalue weighted by Crippen LogP contribution is -2.48. The molecule has 0 unspecified atom stereocenters. The highest BCUT2D eigenvalue weighted by atomic mass is 19.1. The van der Waals surface area contributed by atoms with E-state index in [1.165, 1.54) is 24.3 Å². The highest BCUT2D eigenvalue weighted by molar-refractivity contribution is 5.79. The number of carbonyl (C=O) groups excluding carboxylic acids is 1. The van der Waals surface area contributed by atoms with Crippen LogP contribution in [-0.2, 0) is 13.2 Å². The van der Waals surface area contributed by atoms with Crippen LogP contribution >= 0.6 is 0 Å². The van der Waals surface area contributed by atoms with Crippen molar-refractivity contribution in [2.75, 3.05) is 0 Å². The van der Waals surface area contributed by atoms with Gasteiger partial charge in [-0.1, -0.05) is 48.5 Å². The van der Waals surface area contributed by atoms with Gasteiger partial charge in [0, 0.05) is 24.2 Å². The summed E-state index contributed by atoms with van der Waals surface area (Å²) in [5.41, 5.74) is 3.82. The predicted octanol–water partition coefficient (Wildman–Crippen LogP) is 6.07. The number of hydrogen-bond donors (Lipinski definition) is 1. The van der Waals surface area contributed by atoms with Gasteiger partial charge in [-0.2, -0.15) is 0 Å². The Bertz CT molecular complexity index is 1190. The number of benzene rings is 3. The largest absolute Gasteiger partial charge is 0.488 e. The minimum absolute atomic E-state index is 0.0194. The minimum atomic E-state index is -0.340. The van der Waals surface area contributed by atoms with Crippen LogP contribution in [0.4, 0.5) is 13.6 Å². The van der Waals surface area contributed by atoms with Crippen LogP contribution in [0.1, 0.15) is 36.0 Å². The van der Waals surface area contributed by atoms with E-state index in [4.69, 9.17) is 4.74 Å². The highest BCUT2D eigenvalue weighted by Gasteiger charge is 2.40. The molecule has 34 heavy (non-hydrogen) atoms. The van der Waals surface area contributed by atoms with Gasteiger partial charge in [-0.3, -0.25) is 0 Å². The molecule has 0 radical (unpaired) electrons. The second-order valence-corrected chi connectivity index (χ2v) is 8.80. The first-order valence-electron chi connectivity index (χ1n) is 11.5. The Hall–Kier alpha value is -3.67. The Morgan fingerprint density at radius 1 is 0.941 bits per heavy atom. The highest BCUT2D eigenvalue weighted by Crippen LogP contribution is 2.41. The Morgan fingerprint density at radius 2 is 1.71 bits per heavy atom. The van der Waals surface area contributed by atoms with E-state index in [9.17, 15) is 13.6 Å². The summed E-state index contributed by atoms with van der Waals surface area (Å²) < 4.78 is 33.2. The summed E-state index contributed by atoms with van der Waals surface area (Å²) in [6, 6.07) is 20.5. The smallest absolute Gasteiger partial charge is 0.318 e. The van der Waals surface area contributed by atoms with Crippen molar-refractivity contribution in [3.05, 3.63) is 107 Å². The molecule has 0 saturated carbocycles. The maximum Gasteiger partial charge on any atom is 0.318 e. The molecule has 3 aromatic rings. The van der Waals surface area contributed by atoms with Gasteiger partial charge in [0.15, 0.2) is 0 Å². The predicted molar refractivity (Wildman–Crippen MR) is 127 cm³/mol. The monoisotopic (exact) mass is 460 g/mol. The van der Waals surface area contributed by atoms with E-state index in [0.29, 0.717) is 25.3 Å². The molecular weight excluding hydrogens is 434 g/mol. The van der Waals surface area contributed by atoms with Crippen molar-refractivity contribution < 1.29 is 18.3 Å². The molecule has 5 rings (SSSR count). The van der Waals surface area contributed by atoms with E-state index >= 15 is 0 Å². The molecule has 1 fully saturated rings. The summed E-state index contributed by atoms with van der Waals surface area (Å²) in [6.07, 6.45) is 4.60. The van der Waals surface area contributed by atoms with Crippen LogP contribution in [0, 0.1) is 11.6 Å². The average Bonchev–Trinajstić information content (AvgIpc) is 3.12. The van der Waals surface area contributed by atoms with E-state index in [2.05, 4.69) is 11.4 Å². The van der Waals surface area contributed by atoms with Crippen molar-refractivity contribution in [1.82, 2.24) is 10.2 Å². The topological polar surface area (TPSA) is 41.6 Å². The molecule has 0 spiro atoms. The van der Waals surface area contributed by atoms with Crippen LogP contribution in [0.2, 0.25) is 0 Å². The van der Waals surface area contributed by atoms with Crippen molar-refractivity contribution in [2.45, 2.75) is 44.5 Å². The van der Waals surface area contributed by atoms with Crippen LogP contribution in [0.15, 0.2) is 78.9 Å². The third-order valence-electron chi connectivity index (χ3n) is 6.51. The second kappa shape index (κ2) is 9.67. The van der Waals surface area contributed by atoms with Gasteiger partial charge in [-0.25, -0.2) is 13.6 Å². The summed E-state index contributed by atoms with van der Waals surface area (Å²) >= 11 is 0. The first-order valence-corrected chi connectivity index (χ1v) is 11.5.